The number of fused-ring (bicyclic) bond motifs is 1. The molecule has 0 aliphatic heterocycles. The lowest BCUT2D eigenvalue weighted by Gasteiger charge is -2.16. The Bertz CT molecular complexity index is 972. The van der Waals surface area contributed by atoms with Crippen molar-refractivity contribution < 1.29 is 23.9 Å². The van der Waals surface area contributed by atoms with Crippen LogP contribution >= 0.6 is 11.3 Å². The number of hydrogen-bond donors (Lipinski definition) is 2. The first-order valence-corrected chi connectivity index (χ1v) is 11.0. The molecule has 0 spiro atoms. The van der Waals surface area contributed by atoms with Crippen LogP contribution in [0.5, 0.6) is 5.75 Å². The molecular weight excluding hydrogens is 418 g/mol. The van der Waals surface area contributed by atoms with Gasteiger partial charge in [-0.15, -0.1) is 11.3 Å². The molecule has 0 saturated carbocycles. The van der Waals surface area contributed by atoms with Crippen LogP contribution in [0.3, 0.4) is 0 Å². The zero-order valence-corrected chi connectivity index (χ0v) is 18.8. The van der Waals surface area contributed by atoms with Crippen LogP contribution in [-0.2, 0) is 27.2 Å². The lowest BCUT2D eigenvalue weighted by Crippen LogP contribution is -2.36. The van der Waals surface area contributed by atoms with Gasteiger partial charge < -0.3 is 20.1 Å². The van der Waals surface area contributed by atoms with Crippen molar-refractivity contribution in [2.75, 3.05) is 44.5 Å². The van der Waals surface area contributed by atoms with E-state index in [1.807, 2.05) is 0 Å². The van der Waals surface area contributed by atoms with Gasteiger partial charge in [0.2, 0.25) is 11.8 Å². The zero-order chi connectivity index (χ0) is 22.4. The van der Waals surface area contributed by atoms with Gasteiger partial charge in [0.15, 0.2) is 0 Å². The summed E-state index contributed by atoms with van der Waals surface area (Å²) in [7, 11) is 3.24. The third-order valence-corrected chi connectivity index (χ3v) is 6.04. The molecule has 9 heteroatoms. The van der Waals surface area contributed by atoms with E-state index >= 15 is 0 Å². The lowest BCUT2D eigenvalue weighted by molar-refractivity contribution is -0.119. The van der Waals surface area contributed by atoms with E-state index < -0.39 is 5.97 Å². The average molecular weight is 446 g/mol. The Morgan fingerprint density at radius 1 is 1.13 bits per heavy atom. The van der Waals surface area contributed by atoms with Gasteiger partial charge >= 0.3 is 5.97 Å². The van der Waals surface area contributed by atoms with Crippen LogP contribution < -0.4 is 15.4 Å². The molecule has 1 heterocycles. The number of esters is 1. The fraction of sp³-hybridized carbons (Fsp3) is 0.409. The number of rotatable bonds is 9. The predicted molar refractivity (Wildman–Crippen MR) is 120 cm³/mol. The minimum absolute atomic E-state index is 0.0103. The molecule has 1 aromatic carbocycles. The Hall–Kier alpha value is -2.91. The van der Waals surface area contributed by atoms with E-state index in [2.05, 4.69) is 10.6 Å². The summed E-state index contributed by atoms with van der Waals surface area (Å²) in [6, 6.07) is 7.06. The average Bonchev–Trinajstić information content (AvgIpc) is 3.28. The highest BCUT2D eigenvalue weighted by Gasteiger charge is 2.28. The molecule has 0 atom stereocenters. The molecule has 166 valence electrons. The molecule has 31 heavy (non-hydrogen) atoms. The maximum Gasteiger partial charge on any atom is 0.341 e. The summed E-state index contributed by atoms with van der Waals surface area (Å²) < 4.78 is 10.3. The SMILES string of the molecule is CCOC(=O)c1c(NC(=O)CN(C)CC(=O)Nc2cccc(OC)c2)sc2c1CCC2. The van der Waals surface area contributed by atoms with Gasteiger partial charge in [-0.25, -0.2) is 4.79 Å². The smallest absolute Gasteiger partial charge is 0.341 e. The maximum atomic E-state index is 12.6. The van der Waals surface area contributed by atoms with E-state index in [1.54, 1.807) is 50.2 Å². The number of aryl methyl sites for hydroxylation is 1. The Morgan fingerprint density at radius 3 is 2.58 bits per heavy atom. The van der Waals surface area contributed by atoms with Crippen LogP contribution in [0.4, 0.5) is 10.7 Å². The Balaban J connectivity index is 1.57. The van der Waals surface area contributed by atoms with Crippen LogP contribution in [0.15, 0.2) is 24.3 Å². The highest BCUT2D eigenvalue weighted by molar-refractivity contribution is 7.17. The third-order valence-electron chi connectivity index (χ3n) is 4.83. The van der Waals surface area contributed by atoms with Crippen LogP contribution in [0, 0.1) is 0 Å². The quantitative estimate of drug-likeness (QED) is 0.576. The molecule has 0 unspecified atom stereocenters. The van der Waals surface area contributed by atoms with E-state index in [9.17, 15) is 14.4 Å². The molecular formula is C22H27N3O5S. The van der Waals surface area contributed by atoms with Crippen LogP contribution in [-0.4, -0.2) is 56.5 Å². The summed E-state index contributed by atoms with van der Waals surface area (Å²) in [5.41, 5.74) is 2.09. The number of ether oxygens (including phenoxy) is 2. The van der Waals surface area contributed by atoms with Gasteiger partial charge in [-0.3, -0.25) is 14.5 Å². The van der Waals surface area contributed by atoms with Crippen molar-refractivity contribution in [2.24, 2.45) is 0 Å². The summed E-state index contributed by atoms with van der Waals surface area (Å²) in [4.78, 5) is 40.0. The van der Waals surface area contributed by atoms with E-state index in [-0.39, 0.29) is 31.5 Å². The first-order chi connectivity index (χ1) is 14.9. The number of carbonyl (C=O) groups is 3. The van der Waals surface area contributed by atoms with Gasteiger partial charge in [-0.2, -0.15) is 0 Å². The third kappa shape index (κ3) is 5.83. The van der Waals surface area contributed by atoms with Gasteiger partial charge in [-0.1, -0.05) is 6.07 Å². The molecule has 0 bridgehead atoms. The molecule has 0 radical (unpaired) electrons. The van der Waals surface area contributed by atoms with E-state index in [1.165, 1.54) is 11.3 Å². The van der Waals surface area contributed by atoms with Crippen molar-refractivity contribution in [2.45, 2.75) is 26.2 Å². The molecule has 0 saturated heterocycles. The standard InChI is InChI=1S/C22H27N3O5S/c1-4-30-22(28)20-16-9-6-10-17(16)31-21(20)24-19(27)13-25(2)12-18(26)23-14-7-5-8-15(11-14)29-3/h5,7-8,11H,4,6,9-10,12-13H2,1-3H3,(H,23,26)(H,24,27). The topological polar surface area (TPSA) is 97.0 Å². The minimum atomic E-state index is -0.400. The first-order valence-electron chi connectivity index (χ1n) is 10.1. The molecule has 1 aromatic heterocycles. The van der Waals surface area contributed by atoms with Gasteiger partial charge in [-0.05, 0) is 50.9 Å². The second kappa shape index (κ2) is 10.4. The molecule has 2 N–H and O–H groups in total. The van der Waals surface area contributed by atoms with Crippen molar-refractivity contribution in [3.05, 3.63) is 40.3 Å². The van der Waals surface area contributed by atoms with Crippen molar-refractivity contribution in [1.82, 2.24) is 4.90 Å². The molecule has 3 rings (SSSR count). The molecule has 2 aromatic rings. The van der Waals surface area contributed by atoms with Crippen molar-refractivity contribution >= 4 is 39.8 Å². The molecule has 1 aliphatic rings. The lowest BCUT2D eigenvalue weighted by atomic mass is 10.1. The summed E-state index contributed by atoms with van der Waals surface area (Å²) in [5.74, 6) is -0.290. The summed E-state index contributed by atoms with van der Waals surface area (Å²) in [5, 5.41) is 6.15. The van der Waals surface area contributed by atoms with Gasteiger partial charge in [0.1, 0.15) is 10.8 Å². The number of nitrogens with one attached hydrogen (secondary N) is 2. The summed E-state index contributed by atoms with van der Waals surface area (Å²) in [6.07, 6.45) is 2.74. The minimum Gasteiger partial charge on any atom is -0.497 e. The number of likely N-dealkylation sites (N-methyl/N-ethyl adjacent to an activating group) is 1. The molecule has 8 nitrogen and oxygen atoms in total. The molecule has 1 aliphatic carbocycles. The molecule has 0 fully saturated rings. The fourth-order valence-electron chi connectivity index (χ4n) is 3.53. The van der Waals surface area contributed by atoms with Gasteiger partial charge in [0.25, 0.3) is 0 Å². The second-order valence-corrected chi connectivity index (χ2v) is 8.39. The number of methoxy groups -OCH3 is 1. The largest absolute Gasteiger partial charge is 0.497 e. The van der Waals surface area contributed by atoms with Crippen molar-refractivity contribution in [1.29, 1.82) is 0 Å². The van der Waals surface area contributed by atoms with E-state index in [0.717, 1.165) is 29.7 Å². The van der Waals surface area contributed by atoms with Crippen molar-refractivity contribution in [3.8, 4) is 5.75 Å². The second-order valence-electron chi connectivity index (χ2n) is 7.28. The van der Waals surface area contributed by atoms with Crippen molar-refractivity contribution in [3.63, 3.8) is 0 Å². The Morgan fingerprint density at radius 2 is 1.87 bits per heavy atom. The highest BCUT2D eigenvalue weighted by atomic mass is 32.1. The summed E-state index contributed by atoms with van der Waals surface area (Å²) in [6.45, 7) is 2.09. The van der Waals surface area contributed by atoms with Crippen LogP contribution in [0.25, 0.3) is 0 Å². The fourth-order valence-corrected chi connectivity index (χ4v) is 4.82. The van der Waals surface area contributed by atoms with E-state index in [4.69, 9.17) is 9.47 Å². The number of anilines is 2. The number of benzene rings is 1. The monoisotopic (exact) mass is 445 g/mol. The maximum absolute atomic E-state index is 12.6. The highest BCUT2D eigenvalue weighted by Crippen LogP contribution is 2.39. The number of nitrogens with zero attached hydrogens (tertiary/aromatic N) is 1. The zero-order valence-electron chi connectivity index (χ0n) is 17.9. The van der Waals surface area contributed by atoms with Crippen LogP contribution in [0.2, 0.25) is 0 Å². The number of thiophene rings is 1. The summed E-state index contributed by atoms with van der Waals surface area (Å²) >= 11 is 1.43. The number of carbonyl (C=O) groups excluding carboxylic acids is 3. The Labute approximate surface area is 185 Å². The first kappa shape index (κ1) is 22.8. The number of amides is 2. The number of hydrogen-bond acceptors (Lipinski definition) is 7. The van der Waals surface area contributed by atoms with E-state index in [0.29, 0.717) is 22.0 Å². The van der Waals surface area contributed by atoms with Crippen LogP contribution in [0.1, 0.15) is 34.1 Å². The van der Waals surface area contributed by atoms with Gasteiger partial charge in [0, 0.05) is 16.6 Å². The normalized spacial score (nSPS) is 12.4. The molecule has 2 amide bonds. The van der Waals surface area contributed by atoms with Gasteiger partial charge in [0.05, 0.1) is 32.4 Å². The predicted octanol–water partition coefficient (Wildman–Crippen LogP) is 2.93. The Kier molecular flexibility index (Phi) is 7.64.